The molecule has 0 N–H and O–H groups in total. The Morgan fingerprint density at radius 1 is 0.246 bits per heavy atom. The quantitative estimate of drug-likeness (QED) is 0.167. The average molecular weight is 877 g/mol. The molecule has 12 aromatic carbocycles. The second-order valence-electron chi connectivity index (χ2n) is 17.9. The van der Waals surface area contributed by atoms with Gasteiger partial charge in [0.05, 0.1) is 16.7 Å². The van der Waals surface area contributed by atoms with Gasteiger partial charge in [-0.05, 0) is 102 Å². The summed E-state index contributed by atoms with van der Waals surface area (Å²) >= 11 is 0. The van der Waals surface area contributed by atoms with Crippen molar-refractivity contribution in [2.45, 2.75) is 0 Å². The van der Waals surface area contributed by atoms with Crippen LogP contribution in [0.5, 0.6) is 0 Å². The first-order chi connectivity index (χ1) is 34.2. The minimum absolute atomic E-state index is 0.606. The lowest BCUT2D eigenvalue weighted by Gasteiger charge is -2.21. The van der Waals surface area contributed by atoms with Gasteiger partial charge < -0.3 is 4.57 Å². The summed E-state index contributed by atoms with van der Waals surface area (Å²) in [7, 11) is 0. The van der Waals surface area contributed by atoms with E-state index in [-0.39, 0.29) is 0 Å². The molecule has 4 heteroatoms. The molecule has 2 heterocycles. The van der Waals surface area contributed by atoms with Crippen molar-refractivity contribution in [1.82, 2.24) is 19.5 Å². The van der Waals surface area contributed by atoms with Crippen molar-refractivity contribution in [3.63, 3.8) is 0 Å². The average Bonchev–Trinajstić information content (AvgIpc) is 3.74. The number of fused-ring (bicyclic) bond motifs is 9. The van der Waals surface area contributed by atoms with Crippen LogP contribution in [-0.2, 0) is 0 Å². The maximum atomic E-state index is 5.53. The van der Waals surface area contributed by atoms with Crippen LogP contribution in [0, 0.1) is 0 Å². The topological polar surface area (TPSA) is 43.6 Å². The minimum atomic E-state index is 0.606. The number of benzene rings is 12. The van der Waals surface area contributed by atoms with Gasteiger partial charge in [0.1, 0.15) is 0 Å². The lowest BCUT2D eigenvalue weighted by molar-refractivity contribution is 1.08. The highest BCUT2D eigenvalue weighted by Gasteiger charge is 2.25. The van der Waals surface area contributed by atoms with Crippen molar-refractivity contribution < 1.29 is 0 Å². The van der Waals surface area contributed by atoms with Gasteiger partial charge in [0.2, 0.25) is 0 Å². The number of rotatable bonds is 6. The molecule has 0 fully saturated rings. The normalized spacial score (nSPS) is 11.8. The molecular weight excluding hydrogens is 837 g/mol. The Hall–Kier alpha value is -9.25. The monoisotopic (exact) mass is 876 g/mol. The van der Waals surface area contributed by atoms with Gasteiger partial charge >= 0.3 is 0 Å². The number of hydrogen-bond acceptors (Lipinski definition) is 3. The summed E-state index contributed by atoms with van der Waals surface area (Å²) in [6.07, 6.45) is 0. The minimum Gasteiger partial charge on any atom is -0.308 e. The van der Waals surface area contributed by atoms with E-state index < -0.39 is 0 Å². The Bertz CT molecular complexity index is 4360. The summed E-state index contributed by atoms with van der Waals surface area (Å²) in [4.78, 5) is 16.4. The van der Waals surface area contributed by atoms with Crippen LogP contribution in [-0.4, -0.2) is 19.5 Å². The molecular formula is C65H40N4. The van der Waals surface area contributed by atoms with Crippen molar-refractivity contribution in [3.05, 3.63) is 243 Å². The van der Waals surface area contributed by atoms with E-state index in [2.05, 4.69) is 247 Å². The summed E-state index contributed by atoms with van der Waals surface area (Å²) in [5.74, 6) is 1.85. The molecule has 0 unspecified atom stereocenters. The largest absolute Gasteiger partial charge is 0.308 e. The van der Waals surface area contributed by atoms with Crippen molar-refractivity contribution in [3.8, 4) is 62.1 Å². The van der Waals surface area contributed by atoms with Crippen LogP contribution >= 0.6 is 0 Å². The Morgan fingerprint density at radius 2 is 0.812 bits per heavy atom. The van der Waals surface area contributed by atoms with Gasteiger partial charge in [0, 0.05) is 38.4 Å². The van der Waals surface area contributed by atoms with Crippen LogP contribution in [0.2, 0.25) is 0 Å². The van der Waals surface area contributed by atoms with E-state index in [4.69, 9.17) is 15.0 Å². The van der Waals surface area contributed by atoms with E-state index in [1.807, 2.05) is 0 Å². The van der Waals surface area contributed by atoms with Crippen LogP contribution < -0.4 is 0 Å². The molecule has 2 aromatic heterocycles. The first kappa shape index (κ1) is 39.0. The molecule has 69 heavy (non-hydrogen) atoms. The molecule has 0 aliphatic carbocycles. The van der Waals surface area contributed by atoms with Crippen LogP contribution in [0.15, 0.2) is 243 Å². The van der Waals surface area contributed by atoms with Gasteiger partial charge in [0.15, 0.2) is 17.5 Å². The predicted molar refractivity (Wildman–Crippen MR) is 289 cm³/mol. The van der Waals surface area contributed by atoms with E-state index in [0.717, 1.165) is 82.6 Å². The number of nitrogens with zero attached hydrogens (tertiary/aromatic N) is 4. The maximum Gasteiger partial charge on any atom is 0.164 e. The lowest BCUT2D eigenvalue weighted by atomic mass is 9.91. The highest BCUT2D eigenvalue weighted by Crippen LogP contribution is 2.46. The standard InChI is InChI=1S/C65H40N4/c1-3-16-41(17-4-1)49-32-34-53-56(37-49)57(65-67-63(50-31-30-42-18-7-8-23-46(42)36-50)66-64(68-65)54-29-15-26-43-21-11-13-27-51(43)54)40-55(44-19-5-2-6-20-44)62(53)69-59-35-33-45-22-12-14-28-52(45)61(59)58-38-47-24-9-10-25-48(47)39-60(58)69/h1-40H. The van der Waals surface area contributed by atoms with Crippen molar-refractivity contribution >= 4 is 75.7 Å². The van der Waals surface area contributed by atoms with Crippen molar-refractivity contribution in [2.75, 3.05) is 0 Å². The summed E-state index contributed by atoms with van der Waals surface area (Å²) < 4.78 is 2.52. The molecule has 14 aromatic rings. The maximum absolute atomic E-state index is 5.53. The molecule has 0 spiro atoms. The highest BCUT2D eigenvalue weighted by molar-refractivity contribution is 6.24. The molecule has 0 saturated carbocycles. The molecule has 14 rings (SSSR count). The molecule has 4 nitrogen and oxygen atoms in total. The predicted octanol–water partition coefficient (Wildman–Crippen LogP) is 17.1. The zero-order valence-corrected chi connectivity index (χ0v) is 37.4. The van der Waals surface area contributed by atoms with E-state index >= 15 is 0 Å². The van der Waals surface area contributed by atoms with Crippen LogP contribution in [0.3, 0.4) is 0 Å². The van der Waals surface area contributed by atoms with Crippen LogP contribution in [0.4, 0.5) is 0 Å². The molecule has 320 valence electrons. The Kier molecular flexibility index (Phi) is 8.86. The zero-order chi connectivity index (χ0) is 45.4. The molecule has 0 saturated heterocycles. The zero-order valence-electron chi connectivity index (χ0n) is 37.4. The van der Waals surface area contributed by atoms with Crippen LogP contribution in [0.1, 0.15) is 0 Å². The van der Waals surface area contributed by atoms with Crippen LogP contribution in [0.25, 0.3) is 138 Å². The molecule has 0 bridgehead atoms. The summed E-state index contributed by atoms with van der Waals surface area (Å²) in [5.41, 5.74) is 10.6. The van der Waals surface area contributed by atoms with E-state index in [0.29, 0.717) is 17.5 Å². The third kappa shape index (κ3) is 6.41. The SMILES string of the molecule is c1ccc(-c2ccc3c(-n4c5cc6ccccc6cc5c5c6ccccc6ccc54)c(-c4ccccc4)cc(-c4nc(-c5ccc6ccccc6c5)nc(-c5cccc6ccccc56)n4)c3c2)cc1. The third-order valence-corrected chi connectivity index (χ3v) is 14.0. The van der Waals surface area contributed by atoms with Gasteiger partial charge in [-0.2, -0.15) is 0 Å². The van der Waals surface area contributed by atoms with Crippen molar-refractivity contribution in [2.24, 2.45) is 0 Å². The fourth-order valence-electron chi connectivity index (χ4n) is 10.7. The van der Waals surface area contributed by atoms with Crippen molar-refractivity contribution in [1.29, 1.82) is 0 Å². The summed E-state index contributed by atoms with van der Waals surface area (Å²) in [5, 5.41) is 14.0. The Balaban J connectivity index is 1.14. The Labute approximate surface area is 398 Å². The van der Waals surface area contributed by atoms with Gasteiger partial charge in [-0.3, -0.25) is 0 Å². The molecule has 0 aliphatic rings. The van der Waals surface area contributed by atoms with E-state index in [1.54, 1.807) is 0 Å². The number of aromatic nitrogens is 4. The summed E-state index contributed by atoms with van der Waals surface area (Å²) in [6.45, 7) is 0. The lowest BCUT2D eigenvalue weighted by Crippen LogP contribution is -2.04. The van der Waals surface area contributed by atoms with Gasteiger partial charge in [0.25, 0.3) is 0 Å². The second-order valence-corrected chi connectivity index (χ2v) is 17.9. The molecule has 0 atom stereocenters. The highest BCUT2D eigenvalue weighted by atomic mass is 15.0. The van der Waals surface area contributed by atoms with Gasteiger partial charge in [-0.15, -0.1) is 0 Å². The summed E-state index contributed by atoms with van der Waals surface area (Å²) in [6, 6.07) is 87.4. The first-order valence-corrected chi connectivity index (χ1v) is 23.5. The third-order valence-electron chi connectivity index (χ3n) is 14.0. The fourth-order valence-corrected chi connectivity index (χ4v) is 10.7. The van der Waals surface area contributed by atoms with E-state index in [9.17, 15) is 0 Å². The molecule has 0 aliphatic heterocycles. The fraction of sp³-hybridized carbons (Fsp3) is 0. The van der Waals surface area contributed by atoms with E-state index in [1.165, 1.54) is 37.7 Å². The number of hydrogen-bond donors (Lipinski definition) is 0. The van der Waals surface area contributed by atoms with Gasteiger partial charge in [-0.1, -0.05) is 206 Å². The molecule has 0 amide bonds. The first-order valence-electron chi connectivity index (χ1n) is 23.5. The molecule has 0 radical (unpaired) electrons. The second kappa shape index (κ2) is 15.7. The van der Waals surface area contributed by atoms with Gasteiger partial charge in [-0.25, -0.2) is 15.0 Å². The smallest absolute Gasteiger partial charge is 0.164 e. The Morgan fingerprint density at radius 3 is 1.58 bits per heavy atom.